The second-order valence-corrected chi connectivity index (χ2v) is 7.90. The second-order valence-electron chi connectivity index (χ2n) is 7.90. The van der Waals surface area contributed by atoms with E-state index in [0.717, 1.165) is 50.3 Å². The summed E-state index contributed by atoms with van der Waals surface area (Å²) in [5.74, 6) is 0.166. The van der Waals surface area contributed by atoms with Crippen LogP contribution in [0.15, 0.2) is 18.2 Å². The molecule has 2 amide bonds. The predicted molar refractivity (Wildman–Crippen MR) is 108 cm³/mol. The zero-order chi connectivity index (χ0) is 19.2. The molecule has 1 aromatic carbocycles. The maximum absolute atomic E-state index is 12.4. The lowest BCUT2D eigenvalue weighted by Gasteiger charge is -2.34. The third-order valence-electron chi connectivity index (χ3n) is 5.80. The van der Waals surface area contributed by atoms with Gasteiger partial charge in [0.2, 0.25) is 11.8 Å². The van der Waals surface area contributed by atoms with Gasteiger partial charge in [-0.05, 0) is 43.9 Å². The number of hydrogen-bond acceptors (Lipinski definition) is 4. The van der Waals surface area contributed by atoms with E-state index in [4.69, 9.17) is 0 Å². The molecule has 3 rings (SSSR count). The van der Waals surface area contributed by atoms with Gasteiger partial charge in [-0.3, -0.25) is 19.4 Å². The van der Waals surface area contributed by atoms with Crippen molar-refractivity contribution in [2.24, 2.45) is 0 Å². The number of benzene rings is 1. The highest BCUT2D eigenvalue weighted by atomic mass is 16.2. The van der Waals surface area contributed by atoms with Crippen molar-refractivity contribution >= 4 is 17.5 Å². The second kappa shape index (κ2) is 9.33. The Morgan fingerprint density at radius 2 is 1.56 bits per heavy atom. The van der Waals surface area contributed by atoms with E-state index >= 15 is 0 Å². The first-order valence-corrected chi connectivity index (χ1v) is 10.1. The normalized spacial score (nSPS) is 19.2. The third kappa shape index (κ3) is 5.78. The molecule has 0 radical (unpaired) electrons. The van der Waals surface area contributed by atoms with Crippen LogP contribution in [-0.2, 0) is 9.59 Å². The first-order chi connectivity index (χ1) is 13.0. The molecular formula is C21H32N4O2. The van der Waals surface area contributed by atoms with E-state index in [1.165, 1.54) is 18.4 Å². The van der Waals surface area contributed by atoms with Crippen molar-refractivity contribution in [3.8, 4) is 0 Å². The summed E-state index contributed by atoms with van der Waals surface area (Å²) in [4.78, 5) is 28.9. The minimum atomic E-state index is 0.0242. The molecule has 0 bridgehead atoms. The lowest BCUT2D eigenvalue weighted by atomic mass is 10.1. The summed E-state index contributed by atoms with van der Waals surface area (Å²) in [6, 6.07) is 6.34. The van der Waals surface area contributed by atoms with E-state index in [9.17, 15) is 9.59 Å². The molecule has 6 heteroatoms. The fraction of sp³-hybridized carbons (Fsp3) is 0.619. The molecule has 148 valence electrons. The zero-order valence-electron chi connectivity index (χ0n) is 16.6. The molecule has 0 spiro atoms. The maximum atomic E-state index is 12.4. The lowest BCUT2D eigenvalue weighted by molar-refractivity contribution is -0.124. The molecule has 1 heterocycles. The highest BCUT2D eigenvalue weighted by Crippen LogP contribution is 2.18. The Bertz CT molecular complexity index is 662. The molecule has 0 aromatic heterocycles. The van der Waals surface area contributed by atoms with Crippen LogP contribution < -0.4 is 10.6 Å². The fourth-order valence-electron chi connectivity index (χ4n) is 3.93. The molecular weight excluding hydrogens is 340 g/mol. The Balaban J connectivity index is 1.38. The molecule has 1 saturated carbocycles. The summed E-state index contributed by atoms with van der Waals surface area (Å²) < 4.78 is 0. The number of amides is 2. The van der Waals surface area contributed by atoms with Crippen molar-refractivity contribution in [1.29, 1.82) is 0 Å². The maximum Gasteiger partial charge on any atom is 0.238 e. The highest BCUT2D eigenvalue weighted by Gasteiger charge is 2.22. The van der Waals surface area contributed by atoms with Gasteiger partial charge in [-0.2, -0.15) is 0 Å². The van der Waals surface area contributed by atoms with Crippen molar-refractivity contribution < 1.29 is 9.59 Å². The summed E-state index contributed by atoms with van der Waals surface area (Å²) in [6.45, 7) is 8.24. The highest BCUT2D eigenvalue weighted by molar-refractivity contribution is 5.93. The van der Waals surface area contributed by atoms with Gasteiger partial charge in [0.1, 0.15) is 0 Å². The first-order valence-electron chi connectivity index (χ1n) is 10.1. The molecule has 1 aliphatic heterocycles. The SMILES string of the molecule is Cc1cccc(NC(=O)CN2CCN(CC(=O)NC3CCCC3)CC2)c1C. The zero-order valence-corrected chi connectivity index (χ0v) is 16.6. The van der Waals surface area contributed by atoms with Gasteiger partial charge < -0.3 is 10.6 Å². The fourth-order valence-corrected chi connectivity index (χ4v) is 3.93. The molecule has 1 aliphatic carbocycles. The van der Waals surface area contributed by atoms with E-state index in [1.54, 1.807) is 0 Å². The van der Waals surface area contributed by atoms with Crippen LogP contribution in [0.1, 0.15) is 36.8 Å². The van der Waals surface area contributed by atoms with Crippen LogP contribution in [0.2, 0.25) is 0 Å². The van der Waals surface area contributed by atoms with Crippen molar-refractivity contribution in [3.05, 3.63) is 29.3 Å². The largest absolute Gasteiger partial charge is 0.352 e. The van der Waals surface area contributed by atoms with Crippen LogP contribution in [0.25, 0.3) is 0 Å². The number of piperazine rings is 1. The summed E-state index contributed by atoms with van der Waals surface area (Å²) in [5, 5.41) is 6.17. The van der Waals surface area contributed by atoms with Crippen molar-refractivity contribution in [2.75, 3.05) is 44.6 Å². The smallest absolute Gasteiger partial charge is 0.238 e. The minimum Gasteiger partial charge on any atom is -0.352 e. The third-order valence-corrected chi connectivity index (χ3v) is 5.80. The number of nitrogens with one attached hydrogen (secondary N) is 2. The Kier molecular flexibility index (Phi) is 6.85. The average Bonchev–Trinajstić information content (AvgIpc) is 3.13. The number of hydrogen-bond donors (Lipinski definition) is 2. The summed E-state index contributed by atoms with van der Waals surface area (Å²) in [7, 11) is 0. The Morgan fingerprint density at radius 3 is 2.19 bits per heavy atom. The van der Waals surface area contributed by atoms with Crippen molar-refractivity contribution in [3.63, 3.8) is 0 Å². The summed E-state index contributed by atoms with van der Waals surface area (Å²) >= 11 is 0. The molecule has 2 N–H and O–H groups in total. The number of carbonyl (C=O) groups is 2. The Hall–Kier alpha value is -1.92. The number of rotatable bonds is 6. The number of carbonyl (C=O) groups excluding carboxylic acids is 2. The van der Waals surface area contributed by atoms with Gasteiger partial charge in [0, 0.05) is 37.9 Å². The molecule has 2 aliphatic rings. The molecule has 27 heavy (non-hydrogen) atoms. The minimum absolute atomic E-state index is 0.0242. The van der Waals surface area contributed by atoms with Crippen molar-refractivity contribution in [1.82, 2.24) is 15.1 Å². The number of anilines is 1. The molecule has 1 saturated heterocycles. The van der Waals surface area contributed by atoms with Gasteiger partial charge in [0.05, 0.1) is 13.1 Å². The lowest BCUT2D eigenvalue weighted by Crippen LogP contribution is -2.51. The van der Waals surface area contributed by atoms with Gasteiger partial charge in [-0.15, -0.1) is 0 Å². The van der Waals surface area contributed by atoms with E-state index in [2.05, 4.69) is 20.4 Å². The molecule has 2 fully saturated rings. The molecule has 6 nitrogen and oxygen atoms in total. The van der Waals surface area contributed by atoms with Gasteiger partial charge >= 0.3 is 0 Å². The predicted octanol–water partition coefficient (Wildman–Crippen LogP) is 1.92. The van der Waals surface area contributed by atoms with Crippen LogP contribution >= 0.6 is 0 Å². The van der Waals surface area contributed by atoms with E-state index in [1.807, 2.05) is 32.0 Å². The Morgan fingerprint density at radius 1 is 0.963 bits per heavy atom. The molecule has 0 atom stereocenters. The van der Waals surface area contributed by atoms with Crippen LogP contribution in [-0.4, -0.2) is 66.9 Å². The van der Waals surface area contributed by atoms with Crippen LogP contribution in [0.4, 0.5) is 5.69 Å². The van der Waals surface area contributed by atoms with Crippen molar-refractivity contribution in [2.45, 2.75) is 45.6 Å². The van der Waals surface area contributed by atoms with Crippen LogP contribution in [0.5, 0.6) is 0 Å². The van der Waals surface area contributed by atoms with Crippen LogP contribution in [0, 0.1) is 13.8 Å². The van der Waals surface area contributed by atoms with Gasteiger partial charge in [-0.1, -0.05) is 25.0 Å². The van der Waals surface area contributed by atoms with Gasteiger partial charge in [0.15, 0.2) is 0 Å². The Labute approximate surface area is 162 Å². The number of aryl methyl sites for hydroxylation is 1. The van der Waals surface area contributed by atoms with E-state index in [-0.39, 0.29) is 11.8 Å². The summed E-state index contributed by atoms with van der Waals surface area (Å²) in [6.07, 6.45) is 4.70. The summed E-state index contributed by atoms with van der Waals surface area (Å²) in [5.41, 5.74) is 3.18. The number of nitrogens with zero attached hydrogens (tertiary/aromatic N) is 2. The van der Waals surface area contributed by atoms with Gasteiger partial charge in [0.25, 0.3) is 0 Å². The molecule has 0 unspecified atom stereocenters. The van der Waals surface area contributed by atoms with E-state index in [0.29, 0.717) is 19.1 Å². The molecule has 1 aromatic rings. The standard InChI is InChI=1S/C21H32N4O2/c1-16-6-5-9-19(17(16)2)23-21(27)15-25-12-10-24(11-13-25)14-20(26)22-18-7-3-4-8-18/h5-6,9,18H,3-4,7-8,10-15H2,1-2H3,(H,22,26)(H,23,27). The topological polar surface area (TPSA) is 64.7 Å². The average molecular weight is 373 g/mol. The van der Waals surface area contributed by atoms with E-state index < -0.39 is 0 Å². The monoisotopic (exact) mass is 372 g/mol. The van der Waals surface area contributed by atoms with Crippen LogP contribution in [0.3, 0.4) is 0 Å². The first kappa shape index (κ1) is 19.8. The van der Waals surface area contributed by atoms with Gasteiger partial charge in [-0.25, -0.2) is 0 Å². The quantitative estimate of drug-likeness (QED) is 0.801.